The molecule has 0 heterocycles. The molecule has 3 rings (SSSR count). The summed E-state index contributed by atoms with van der Waals surface area (Å²) in [6.07, 6.45) is 1.21. The van der Waals surface area contributed by atoms with Crippen molar-refractivity contribution >= 4 is 58.3 Å². The van der Waals surface area contributed by atoms with E-state index in [9.17, 15) is 74.7 Å². The number of carbonyl (C=O) groups excluding carboxylic acids is 6. The number of aliphatic hydroxyl groups excluding tert-OH is 9. The minimum atomic E-state index is -5.51. The molecule has 0 bridgehead atoms. The first kappa shape index (κ1) is 37.8. The molecule has 0 fully saturated rings. The van der Waals surface area contributed by atoms with Crippen LogP contribution in [0.1, 0.15) is 0 Å². The van der Waals surface area contributed by atoms with Crippen molar-refractivity contribution in [2.75, 3.05) is 0 Å². The van der Waals surface area contributed by atoms with Crippen LogP contribution in [0.3, 0.4) is 0 Å². The summed E-state index contributed by atoms with van der Waals surface area (Å²) in [6, 6.07) is 0. The SMILES string of the molecule is O.O.O.O=C([O][Bi]([O]C(=O)C1C=C(O)C(O)=C(O)C1=O)[O]C(=O)C1C=C(O)C(O)=C(O)C1=O)C1C=C(O)C(O)=C(O)C1=O. The maximum atomic E-state index is 12.6. The van der Waals surface area contributed by atoms with Crippen molar-refractivity contribution in [3.63, 3.8) is 0 Å². The molecule has 22 heteroatoms. The van der Waals surface area contributed by atoms with E-state index in [0.29, 0.717) is 18.2 Å². The summed E-state index contributed by atoms with van der Waals surface area (Å²) in [5.74, 6) is -28.1. The first-order valence-corrected chi connectivity index (χ1v) is 14.5. The van der Waals surface area contributed by atoms with E-state index in [1.807, 2.05) is 0 Å². The summed E-state index contributed by atoms with van der Waals surface area (Å²) in [6.45, 7) is 0. The fraction of sp³-hybridized carbons (Fsp3) is 0.143. The average molecular weight is 818 g/mol. The second-order valence-corrected chi connectivity index (χ2v) is 11.6. The number of hydrogen-bond donors (Lipinski definition) is 9. The van der Waals surface area contributed by atoms with Gasteiger partial charge in [-0.3, -0.25) is 0 Å². The van der Waals surface area contributed by atoms with E-state index in [1.165, 1.54) is 0 Å². The van der Waals surface area contributed by atoms with Gasteiger partial charge in [0.2, 0.25) is 0 Å². The summed E-state index contributed by atoms with van der Waals surface area (Å²) >= 11 is -5.51. The Kier molecular flexibility index (Phi) is 12.4. The molecule has 43 heavy (non-hydrogen) atoms. The molecule has 0 aromatic carbocycles. The first-order chi connectivity index (χ1) is 18.6. The first-order valence-electron chi connectivity index (χ1n) is 10.2. The molecule has 0 radical (unpaired) electrons. The van der Waals surface area contributed by atoms with E-state index in [2.05, 4.69) is 0 Å². The average Bonchev–Trinajstić information content (AvgIpc) is 2.90. The van der Waals surface area contributed by atoms with Crippen LogP contribution >= 0.6 is 0 Å². The zero-order valence-electron chi connectivity index (χ0n) is 20.6. The number of rotatable bonds is 6. The fourth-order valence-electron chi connectivity index (χ4n) is 3.07. The van der Waals surface area contributed by atoms with Gasteiger partial charge in [-0.25, -0.2) is 0 Å². The third-order valence-electron chi connectivity index (χ3n) is 5.18. The number of aliphatic hydroxyl groups is 9. The molecule has 0 aromatic heterocycles. The number of Topliss-reactive ketones (excluding diaryl/α,β-unsaturated/α-hetero) is 3. The topological polar surface area (TPSA) is 407 Å². The molecule has 3 aliphatic rings. The van der Waals surface area contributed by atoms with Crippen LogP contribution in [0.2, 0.25) is 0 Å². The maximum absolute atomic E-state index is 12.6. The summed E-state index contributed by atoms with van der Waals surface area (Å²) in [5, 5.41) is 85.8. The molecule has 236 valence electrons. The summed E-state index contributed by atoms with van der Waals surface area (Å²) in [7, 11) is 0. The Morgan fingerprint density at radius 1 is 0.465 bits per heavy atom. The molecule has 3 unspecified atom stereocenters. The van der Waals surface area contributed by atoms with Crippen LogP contribution < -0.4 is 0 Å². The molecule has 0 spiro atoms. The third kappa shape index (κ3) is 7.19. The number of carbonyl (C=O) groups is 6. The predicted molar refractivity (Wildman–Crippen MR) is 129 cm³/mol. The van der Waals surface area contributed by atoms with Crippen LogP contribution in [0.25, 0.3) is 0 Å². The molecule has 0 amide bonds. The third-order valence-corrected chi connectivity index (χ3v) is 9.01. The van der Waals surface area contributed by atoms with Crippen LogP contribution in [0.5, 0.6) is 0 Å². The standard InChI is InChI=1S/3C7H6O6.Bi.3H2O/c3*8-3-1-2(7(12)13)4(9)6(11)5(3)10;;;;/h3*1-2,8,10-11H,(H,12,13);;3*1H2/q;;;+3;;;/p-3. The number of hydrogen-bond acceptors (Lipinski definition) is 18. The van der Waals surface area contributed by atoms with Crippen LogP contribution in [-0.4, -0.2) is 121 Å². The summed E-state index contributed by atoms with van der Waals surface area (Å²) in [5.41, 5.74) is 0. The molecular formula is C21H21BiO21. The van der Waals surface area contributed by atoms with Gasteiger partial charge in [0, 0.05) is 0 Å². The molecule has 3 aliphatic carbocycles. The van der Waals surface area contributed by atoms with Crippen LogP contribution in [0.15, 0.2) is 70.1 Å². The molecule has 0 aromatic rings. The molecule has 3 atom stereocenters. The van der Waals surface area contributed by atoms with E-state index in [0.717, 1.165) is 0 Å². The molecule has 15 N–H and O–H groups in total. The van der Waals surface area contributed by atoms with Gasteiger partial charge in [0.05, 0.1) is 0 Å². The van der Waals surface area contributed by atoms with Gasteiger partial charge < -0.3 is 16.4 Å². The molecule has 0 saturated heterocycles. The second-order valence-electron chi connectivity index (χ2n) is 7.73. The van der Waals surface area contributed by atoms with Crippen LogP contribution in [0, 0.1) is 17.8 Å². The zero-order valence-corrected chi connectivity index (χ0v) is 24.1. The van der Waals surface area contributed by atoms with Gasteiger partial charge in [-0.1, -0.05) is 0 Å². The Morgan fingerprint density at radius 3 is 0.884 bits per heavy atom. The van der Waals surface area contributed by atoms with Crippen molar-refractivity contribution in [3.8, 4) is 0 Å². The van der Waals surface area contributed by atoms with Crippen molar-refractivity contribution in [1.29, 1.82) is 0 Å². The monoisotopic (exact) mass is 818 g/mol. The Bertz CT molecular complexity index is 1270. The van der Waals surface area contributed by atoms with Crippen molar-refractivity contribution in [3.05, 3.63) is 70.1 Å². The van der Waals surface area contributed by atoms with Gasteiger partial charge in [-0.05, 0) is 0 Å². The summed E-state index contributed by atoms with van der Waals surface area (Å²) < 4.78 is 14.4. The Balaban J connectivity index is 0.00000588. The van der Waals surface area contributed by atoms with Crippen molar-refractivity contribution < 1.29 is 99.6 Å². The van der Waals surface area contributed by atoms with Gasteiger partial charge in [0.1, 0.15) is 0 Å². The van der Waals surface area contributed by atoms with Gasteiger partial charge in [-0.15, -0.1) is 0 Å². The second kappa shape index (κ2) is 14.1. The van der Waals surface area contributed by atoms with Gasteiger partial charge in [0.25, 0.3) is 0 Å². The summed E-state index contributed by atoms with van der Waals surface area (Å²) in [4.78, 5) is 74.3. The molecule has 21 nitrogen and oxygen atoms in total. The fourth-order valence-corrected chi connectivity index (χ4v) is 6.54. The molecule has 0 saturated carbocycles. The van der Waals surface area contributed by atoms with Crippen molar-refractivity contribution in [2.24, 2.45) is 17.8 Å². The molecule has 0 aliphatic heterocycles. The van der Waals surface area contributed by atoms with Gasteiger partial charge in [0.15, 0.2) is 0 Å². The van der Waals surface area contributed by atoms with Gasteiger partial charge in [-0.2, -0.15) is 0 Å². The minimum absolute atomic E-state index is 0. The normalized spacial score (nSPS) is 21.8. The van der Waals surface area contributed by atoms with E-state index in [-0.39, 0.29) is 16.4 Å². The Labute approximate surface area is 245 Å². The quantitative estimate of drug-likeness (QED) is 0.0954. The van der Waals surface area contributed by atoms with E-state index in [1.54, 1.807) is 0 Å². The number of allylic oxidation sites excluding steroid dienone is 3. The van der Waals surface area contributed by atoms with Crippen LogP contribution in [-0.2, 0) is 37.2 Å². The van der Waals surface area contributed by atoms with Crippen molar-refractivity contribution in [2.45, 2.75) is 0 Å². The Hall–Kier alpha value is -5.18. The van der Waals surface area contributed by atoms with Gasteiger partial charge >= 0.3 is 229 Å². The van der Waals surface area contributed by atoms with E-state index in [4.69, 9.17) is 8.44 Å². The Morgan fingerprint density at radius 2 is 0.674 bits per heavy atom. The van der Waals surface area contributed by atoms with E-state index < -0.39 is 128 Å². The van der Waals surface area contributed by atoms with Crippen molar-refractivity contribution in [1.82, 2.24) is 0 Å². The van der Waals surface area contributed by atoms with E-state index >= 15 is 0 Å². The zero-order chi connectivity index (χ0) is 30.2. The molecular weight excluding hydrogens is 797 g/mol. The van der Waals surface area contributed by atoms with Crippen LogP contribution in [0.4, 0.5) is 0 Å². The predicted octanol–water partition coefficient (Wildman–Crippen LogP) is -2.97. The number of ketones is 3.